The number of hydrogen-bond donors (Lipinski definition) is 2. The van der Waals surface area contributed by atoms with E-state index in [1.54, 1.807) is 0 Å². The highest BCUT2D eigenvalue weighted by Crippen LogP contribution is 2.44. The summed E-state index contributed by atoms with van der Waals surface area (Å²) in [4.78, 5) is 11.9. The Bertz CT molecular complexity index is 495. The Balaban J connectivity index is 1.82. The van der Waals surface area contributed by atoms with Gasteiger partial charge in [0.25, 0.3) is 0 Å². The zero-order valence-corrected chi connectivity index (χ0v) is 11.7. The minimum Gasteiger partial charge on any atom is -0.355 e. The second kappa shape index (κ2) is 4.64. The largest absolute Gasteiger partial charge is 0.355 e. The molecule has 1 aromatic rings. The average molecular weight is 258 g/mol. The first-order valence-corrected chi connectivity index (χ1v) is 7.21. The highest BCUT2D eigenvalue weighted by Gasteiger charge is 2.38. The van der Waals surface area contributed by atoms with Crippen LogP contribution in [-0.2, 0) is 10.2 Å². The second-order valence-corrected chi connectivity index (χ2v) is 6.38. The molecule has 3 heteroatoms. The molecule has 3 rings (SSSR count). The van der Waals surface area contributed by atoms with Gasteiger partial charge in [0.2, 0.25) is 5.91 Å². The Morgan fingerprint density at radius 3 is 2.84 bits per heavy atom. The number of rotatable bonds is 2. The molecule has 0 bridgehead atoms. The summed E-state index contributed by atoms with van der Waals surface area (Å²) in [5.41, 5.74) is 2.98. The summed E-state index contributed by atoms with van der Waals surface area (Å²) < 4.78 is 0. The minimum absolute atomic E-state index is 0.0271. The number of amides is 1. The van der Waals surface area contributed by atoms with E-state index in [-0.39, 0.29) is 17.4 Å². The van der Waals surface area contributed by atoms with Gasteiger partial charge >= 0.3 is 0 Å². The maximum Gasteiger partial charge on any atom is 0.237 e. The molecule has 102 valence electrons. The standard InChI is InChI=1S/C16H22N2O/c1-16(2)10-14(11-6-3-4-7-12(11)16)18-13-8-5-9-17-15(13)19/h3-4,6-7,13-14,18H,5,8-10H2,1-2H3,(H,17,19). The van der Waals surface area contributed by atoms with Crippen LogP contribution in [0.2, 0.25) is 0 Å². The number of fused-ring (bicyclic) bond motifs is 1. The number of nitrogens with one attached hydrogen (secondary N) is 2. The lowest BCUT2D eigenvalue weighted by molar-refractivity contribution is -0.124. The van der Waals surface area contributed by atoms with E-state index in [1.807, 2.05) is 0 Å². The molecule has 1 aromatic carbocycles. The molecule has 0 radical (unpaired) electrons. The highest BCUT2D eigenvalue weighted by molar-refractivity contribution is 5.82. The van der Waals surface area contributed by atoms with E-state index in [4.69, 9.17) is 0 Å². The number of piperidine rings is 1. The SMILES string of the molecule is CC1(C)CC(NC2CCCNC2=O)c2ccccc21. The fraction of sp³-hybridized carbons (Fsp3) is 0.562. The van der Waals surface area contributed by atoms with Crippen LogP contribution in [0.25, 0.3) is 0 Å². The van der Waals surface area contributed by atoms with Crippen LogP contribution in [0.5, 0.6) is 0 Å². The van der Waals surface area contributed by atoms with Crippen molar-refractivity contribution in [2.75, 3.05) is 6.54 Å². The van der Waals surface area contributed by atoms with Gasteiger partial charge in [0.15, 0.2) is 0 Å². The predicted octanol–water partition coefficient (Wildman–Crippen LogP) is 2.28. The molecule has 1 aliphatic carbocycles. The van der Waals surface area contributed by atoms with Gasteiger partial charge in [0.1, 0.15) is 0 Å². The lowest BCUT2D eigenvalue weighted by Crippen LogP contribution is -2.49. The fourth-order valence-electron chi connectivity index (χ4n) is 3.47. The Labute approximate surface area is 114 Å². The smallest absolute Gasteiger partial charge is 0.237 e. The molecular formula is C16H22N2O. The third-order valence-electron chi connectivity index (χ3n) is 4.47. The molecule has 0 saturated carbocycles. The fourth-order valence-corrected chi connectivity index (χ4v) is 3.47. The monoisotopic (exact) mass is 258 g/mol. The van der Waals surface area contributed by atoms with Gasteiger partial charge in [-0.05, 0) is 35.8 Å². The van der Waals surface area contributed by atoms with Crippen LogP contribution in [-0.4, -0.2) is 18.5 Å². The Morgan fingerprint density at radius 1 is 1.26 bits per heavy atom. The van der Waals surface area contributed by atoms with Crippen molar-refractivity contribution in [3.8, 4) is 0 Å². The van der Waals surface area contributed by atoms with Crippen molar-refractivity contribution in [1.29, 1.82) is 0 Å². The van der Waals surface area contributed by atoms with E-state index in [0.29, 0.717) is 6.04 Å². The second-order valence-electron chi connectivity index (χ2n) is 6.38. The molecule has 2 atom stereocenters. The lowest BCUT2D eigenvalue weighted by atomic mass is 9.86. The summed E-state index contributed by atoms with van der Waals surface area (Å²) in [6, 6.07) is 8.90. The zero-order valence-electron chi connectivity index (χ0n) is 11.7. The van der Waals surface area contributed by atoms with Crippen molar-refractivity contribution in [2.24, 2.45) is 0 Å². The van der Waals surface area contributed by atoms with E-state index < -0.39 is 0 Å². The zero-order chi connectivity index (χ0) is 13.5. The Hall–Kier alpha value is -1.35. The summed E-state index contributed by atoms with van der Waals surface area (Å²) in [5.74, 6) is 0.161. The maximum absolute atomic E-state index is 11.9. The van der Waals surface area contributed by atoms with E-state index in [1.165, 1.54) is 11.1 Å². The van der Waals surface area contributed by atoms with Gasteiger partial charge in [-0.3, -0.25) is 10.1 Å². The molecule has 1 heterocycles. The first-order valence-electron chi connectivity index (χ1n) is 7.21. The van der Waals surface area contributed by atoms with Crippen LogP contribution in [0.15, 0.2) is 24.3 Å². The van der Waals surface area contributed by atoms with Crippen molar-refractivity contribution < 1.29 is 4.79 Å². The van der Waals surface area contributed by atoms with Crippen LogP contribution >= 0.6 is 0 Å². The van der Waals surface area contributed by atoms with Crippen molar-refractivity contribution in [2.45, 2.75) is 50.6 Å². The number of hydrogen-bond acceptors (Lipinski definition) is 2. The van der Waals surface area contributed by atoms with Crippen LogP contribution in [0.4, 0.5) is 0 Å². The molecule has 0 aromatic heterocycles. The van der Waals surface area contributed by atoms with Crippen LogP contribution in [0.1, 0.15) is 50.3 Å². The first-order chi connectivity index (χ1) is 9.08. The molecule has 1 fully saturated rings. The third kappa shape index (κ3) is 2.27. The molecular weight excluding hydrogens is 236 g/mol. The molecule has 1 amide bonds. The number of benzene rings is 1. The minimum atomic E-state index is -0.0271. The maximum atomic E-state index is 11.9. The quantitative estimate of drug-likeness (QED) is 0.854. The predicted molar refractivity (Wildman–Crippen MR) is 76.0 cm³/mol. The molecule has 1 saturated heterocycles. The van der Waals surface area contributed by atoms with E-state index in [0.717, 1.165) is 25.8 Å². The van der Waals surface area contributed by atoms with Gasteiger partial charge in [-0.2, -0.15) is 0 Å². The van der Waals surface area contributed by atoms with E-state index in [9.17, 15) is 4.79 Å². The van der Waals surface area contributed by atoms with Crippen LogP contribution in [0, 0.1) is 0 Å². The highest BCUT2D eigenvalue weighted by atomic mass is 16.2. The van der Waals surface area contributed by atoms with Gasteiger partial charge in [-0.25, -0.2) is 0 Å². The van der Waals surface area contributed by atoms with Gasteiger partial charge in [0, 0.05) is 12.6 Å². The molecule has 2 aliphatic rings. The van der Waals surface area contributed by atoms with Crippen molar-refractivity contribution in [1.82, 2.24) is 10.6 Å². The molecule has 0 spiro atoms. The summed E-state index contributed by atoms with van der Waals surface area (Å²) in [5, 5.41) is 6.52. The number of carbonyl (C=O) groups is 1. The van der Waals surface area contributed by atoms with Crippen molar-refractivity contribution in [3.05, 3.63) is 35.4 Å². The number of carbonyl (C=O) groups excluding carboxylic acids is 1. The third-order valence-corrected chi connectivity index (χ3v) is 4.47. The lowest BCUT2D eigenvalue weighted by Gasteiger charge is -2.27. The Morgan fingerprint density at radius 2 is 2.05 bits per heavy atom. The summed E-state index contributed by atoms with van der Waals surface area (Å²) in [7, 11) is 0. The van der Waals surface area contributed by atoms with Crippen LogP contribution < -0.4 is 10.6 Å². The topological polar surface area (TPSA) is 41.1 Å². The van der Waals surface area contributed by atoms with Crippen LogP contribution in [0.3, 0.4) is 0 Å². The summed E-state index contributed by atoms with van der Waals surface area (Å²) >= 11 is 0. The van der Waals surface area contributed by atoms with Gasteiger partial charge in [-0.15, -0.1) is 0 Å². The average Bonchev–Trinajstić information content (AvgIpc) is 2.65. The van der Waals surface area contributed by atoms with Crippen molar-refractivity contribution >= 4 is 5.91 Å². The molecule has 1 aliphatic heterocycles. The summed E-state index contributed by atoms with van der Waals surface area (Å²) in [6.45, 7) is 5.40. The Kier molecular flexibility index (Phi) is 3.09. The molecule has 19 heavy (non-hydrogen) atoms. The van der Waals surface area contributed by atoms with Crippen molar-refractivity contribution in [3.63, 3.8) is 0 Å². The first kappa shape index (κ1) is 12.7. The van der Waals surface area contributed by atoms with Gasteiger partial charge in [0.05, 0.1) is 6.04 Å². The van der Waals surface area contributed by atoms with Gasteiger partial charge < -0.3 is 5.32 Å². The van der Waals surface area contributed by atoms with E-state index in [2.05, 4.69) is 48.7 Å². The normalized spacial score (nSPS) is 28.8. The molecule has 2 unspecified atom stereocenters. The van der Waals surface area contributed by atoms with E-state index >= 15 is 0 Å². The summed E-state index contributed by atoms with van der Waals surface area (Å²) in [6.07, 6.45) is 3.09. The molecule has 2 N–H and O–H groups in total. The van der Waals surface area contributed by atoms with Gasteiger partial charge in [-0.1, -0.05) is 38.1 Å². The molecule has 3 nitrogen and oxygen atoms in total.